The summed E-state index contributed by atoms with van der Waals surface area (Å²) >= 11 is 0. The lowest BCUT2D eigenvalue weighted by molar-refractivity contribution is 0.477. The summed E-state index contributed by atoms with van der Waals surface area (Å²) in [5.41, 5.74) is 14.3. The number of anilines is 3. The number of para-hydroxylation sites is 6. The van der Waals surface area contributed by atoms with E-state index >= 15 is 0 Å². The van der Waals surface area contributed by atoms with Crippen molar-refractivity contribution in [3.8, 4) is 34.2 Å². The van der Waals surface area contributed by atoms with Crippen molar-refractivity contribution in [3.63, 3.8) is 0 Å². The van der Waals surface area contributed by atoms with Crippen molar-refractivity contribution in [2.75, 3.05) is 4.90 Å². The van der Waals surface area contributed by atoms with Crippen molar-refractivity contribution in [2.45, 2.75) is 0 Å². The molecule has 13 aromatic rings. The van der Waals surface area contributed by atoms with Crippen LogP contribution in [0.4, 0.5) is 17.1 Å². The minimum absolute atomic E-state index is 0.809. The summed E-state index contributed by atoms with van der Waals surface area (Å²) in [6, 6.07) is 69.4. The van der Waals surface area contributed by atoms with Crippen LogP contribution in [0.3, 0.4) is 0 Å². The number of rotatable bonds is 5. The molecule has 0 radical (unpaired) electrons. The minimum atomic E-state index is 0.809. The quantitative estimate of drug-likeness (QED) is 0.174. The Bertz CT molecular complexity index is 3990. The van der Waals surface area contributed by atoms with E-state index in [0.29, 0.717) is 0 Å². The van der Waals surface area contributed by atoms with Crippen LogP contribution in [0.15, 0.2) is 219 Å². The second kappa shape index (κ2) is 13.3. The molecule has 0 atom stereocenters. The van der Waals surface area contributed by atoms with Crippen molar-refractivity contribution in [1.29, 1.82) is 0 Å². The Kier molecular flexibility index (Phi) is 7.27. The predicted octanol–water partition coefficient (Wildman–Crippen LogP) is 14.7. The molecule has 300 valence electrons. The van der Waals surface area contributed by atoms with Crippen molar-refractivity contribution >= 4 is 82.5 Å². The van der Waals surface area contributed by atoms with E-state index in [-0.39, 0.29) is 0 Å². The van der Waals surface area contributed by atoms with Gasteiger partial charge in [0.25, 0.3) is 0 Å². The van der Waals surface area contributed by atoms with Gasteiger partial charge in [0, 0.05) is 79.9 Å². The van der Waals surface area contributed by atoms with Gasteiger partial charge in [0.15, 0.2) is 11.5 Å². The molecule has 5 aromatic heterocycles. The molecule has 0 bridgehead atoms. The standard InChI is InChI=1S/C57H36N6O/c1-3-12-39(13-4-1)59-30-27-37-32-45-43-16-7-8-18-47(43)61(53(45)34-51(37)59)41-22-24-42(25-23-41)62-49-19-9-10-21-55(49)64-56-33-38-28-31-60(52(38)35-54(56)62)50-20-11-17-44-46-36-58-29-26-48(46)63(57(44)50)40-14-5-2-6-15-40/h1-36H. The Morgan fingerprint density at radius 3 is 1.88 bits per heavy atom. The summed E-state index contributed by atoms with van der Waals surface area (Å²) in [6.45, 7) is 0. The number of hydrogen-bond donors (Lipinski definition) is 0. The first kappa shape index (κ1) is 34.9. The molecule has 0 amide bonds. The van der Waals surface area contributed by atoms with Crippen LogP contribution in [0.25, 0.3) is 88.2 Å². The highest BCUT2D eigenvalue weighted by molar-refractivity contribution is 6.14. The first-order valence-corrected chi connectivity index (χ1v) is 21.6. The largest absolute Gasteiger partial charge is 0.453 e. The zero-order valence-electron chi connectivity index (χ0n) is 34.4. The summed E-state index contributed by atoms with van der Waals surface area (Å²) < 4.78 is 16.1. The lowest BCUT2D eigenvalue weighted by Crippen LogP contribution is -2.16. The molecule has 64 heavy (non-hydrogen) atoms. The van der Waals surface area contributed by atoms with Gasteiger partial charge in [0.2, 0.25) is 0 Å². The van der Waals surface area contributed by atoms with Crippen molar-refractivity contribution in [2.24, 2.45) is 0 Å². The fraction of sp³-hybridized carbons (Fsp3) is 0. The Morgan fingerprint density at radius 1 is 0.359 bits per heavy atom. The smallest absolute Gasteiger partial charge is 0.152 e. The van der Waals surface area contributed by atoms with Gasteiger partial charge in [-0.1, -0.05) is 78.9 Å². The van der Waals surface area contributed by atoms with Crippen LogP contribution in [-0.2, 0) is 0 Å². The third kappa shape index (κ3) is 5.00. The molecule has 0 saturated heterocycles. The van der Waals surface area contributed by atoms with Gasteiger partial charge in [-0.2, -0.15) is 0 Å². The maximum absolute atomic E-state index is 6.72. The lowest BCUT2D eigenvalue weighted by atomic mass is 10.1. The van der Waals surface area contributed by atoms with Crippen LogP contribution >= 0.6 is 0 Å². The van der Waals surface area contributed by atoms with E-state index in [9.17, 15) is 0 Å². The highest BCUT2D eigenvalue weighted by atomic mass is 16.5. The topological polar surface area (TPSA) is 45.1 Å². The van der Waals surface area contributed by atoms with E-state index in [0.717, 1.165) is 84.0 Å². The molecule has 1 aliphatic rings. The molecule has 0 unspecified atom stereocenters. The van der Waals surface area contributed by atoms with Gasteiger partial charge in [0.05, 0.1) is 50.2 Å². The number of fused-ring (bicyclic) bond motifs is 10. The van der Waals surface area contributed by atoms with E-state index in [1.54, 1.807) is 0 Å². The fourth-order valence-corrected chi connectivity index (χ4v) is 10.2. The number of ether oxygens (including phenoxy) is 1. The summed E-state index contributed by atoms with van der Waals surface area (Å²) in [4.78, 5) is 6.88. The highest BCUT2D eigenvalue weighted by Crippen LogP contribution is 2.52. The summed E-state index contributed by atoms with van der Waals surface area (Å²) in [5, 5.41) is 7.04. The van der Waals surface area contributed by atoms with Crippen LogP contribution in [0.5, 0.6) is 11.5 Å². The van der Waals surface area contributed by atoms with Gasteiger partial charge < -0.3 is 27.9 Å². The lowest BCUT2D eigenvalue weighted by Gasteiger charge is -2.33. The number of nitrogens with zero attached hydrogens (tertiary/aromatic N) is 6. The Labute approximate surface area is 367 Å². The van der Waals surface area contributed by atoms with Gasteiger partial charge in [0.1, 0.15) is 0 Å². The third-order valence-electron chi connectivity index (χ3n) is 13.1. The molecule has 0 N–H and O–H groups in total. The molecule has 14 rings (SSSR count). The summed E-state index contributed by atoms with van der Waals surface area (Å²) in [7, 11) is 0. The molecule has 7 heteroatoms. The predicted molar refractivity (Wildman–Crippen MR) is 261 cm³/mol. The van der Waals surface area contributed by atoms with E-state index in [2.05, 4.69) is 229 Å². The highest BCUT2D eigenvalue weighted by Gasteiger charge is 2.28. The molecule has 8 aromatic carbocycles. The van der Waals surface area contributed by atoms with E-state index in [4.69, 9.17) is 4.74 Å². The molecule has 1 aliphatic heterocycles. The first-order valence-electron chi connectivity index (χ1n) is 21.6. The van der Waals surface area contributed by atoms with Crippen LogP contribution < -0.4 is 9.64 Å². The van der Waals surface area contributed by atoms with Crippen LogP contribution in [0.1, 0.15) is 0 Å². The van der Waals surface area contributed by atoms with Gasteiger partial charge in [-0.3, -0.25) is 4.98 Å². The number of pyridine rings is 1. The third-order valence-corrected chi connectivity index (χ3v) is 13.1. The average molecular weight is 821 g/mol. The summed E-state index contributed by atoms with van der Waals surface area (Å²) in [5.74, 6) is 1.62. The van der Waals surface area contributed by atoms with E-state index in [1.165, 1.54) is 32.7 Å². The van der Waals surface area contributed by atoms with Crippen LogP contribution in [0, 0.1) is 0 Å². The molecule has 0 fully saturated rings. The molecule has 6 heterocycles. The average Bonchev–Trinajstić information content (AvgIpc) is 4.13. The zero-order chi connectivity index (χ0) is 41.9. The van der Waals surface area contributed by atoms with Gasteiger partial charge in [-0.15, -0.1) is 0 Å². The SMILES string of the molecule is c1ccc(-n2ccc3cc4c5ccccc5n(-c5ccc(N6c7ccccc7Oc7cc8ccn(-c9cccc%10c%11cnccc%11n(-c%11ccccc%11)c9%10)c8cc76)cc5)c4cc32)cc1. The molecule has 7 nitrogen and oxygen atoms in total. The van der Waals surface area contributed by atoms with Gasteiger partial charge in [-0.25, -0.2) is 0 Å². The number of benzene rings is 8. The molecule has 0 saturated carbocycles. The second-order valence-corrected chi connectivity index (χ2v) is 16.5. The Morgan fingerprint density at radius 2 is 1.02 bits per heavy atom. The molecular formula is C57H36N6O. The van der Waals surface area contributed by atoms with Gasteiger partial charge >= 0.3 is 0 Å². The Hall–Kier alpha value is -8.81. The van der Waals surface area contributed by atoms with E-state index < -0.39 is 0 Å². The Balaban J connectivity index is 0.936. The summed E-state index contributed by atoms with van der Waals surface area (Å²) in [6.07, 6.45) is 8.21. The monoisotopic (exact) mass is 820 g/mol. The van der Waals surface area contributed by atoms with Crippen molar-refractivity contribution < 1.29 is 4.74 Å². The maximum atomic E-state index is 6.72. The van der Waals surface area contributed by atoms with E-state index in [1.807, 2.05) is 18.5 Å². The number of aromatic nitrogens is 5. The number of hydrogen-bond acceptors (Lipinski definition) is 3. The van der Waals surface area contributed by atoms with Crippen LogP contribution in [0.2, 0.25) is 0 Å². The van der Waals surface area contributed by atoms with Gasteiger partial charge in [-0.05, 0) is 115 Å². The first-order chi connectivity index (χ1) is 31.7. The van der Waals surface area contributed by atoms with Crippen molar-refractivity contribution in [1.82, 2.24) is 23.3 Å². The second-order valence-electron chi connectivity index (χ2n) is 16.5. The molecule has 0 spiro atoms. The zero-order valence-corrected chi connectivity index (χ0v) is 34.4. The normalized spacial score (nSPS) is 12.5. The van der Waals surface area contributed by atoms with Crippen molar-refractivity contribution in [3.05, 3.63) is 219 Å². The molecule has 0 aliphatic carbocycles. The fourth-order valence-electron chi connectivity index (χ4n) is 10.2. The minimum Gasteiger partial charge on any atom is -0.453 e. The van der Waals surface area contributed by atoms with Crippen LogP contribution in [-0.4, -0.2) is 23.3 Å². The maximum Gasteiger partial charge on any atom is 0.152 e. The molecular weight excluding hydrogens is 785 g/mol.